The van der Waals surface area contributed by atoms with Crippen LogP contribution in [0.4, 0.5) is 18.9 Å². The first-order chi connectivity index (χ1) is 11.8. The van der Waals surface area contributed by atoms with Crippen LogP contribution < -0.4 is 10.1 Å². The monoisotopic (exact) mass is 412 g/mol. The number of anilines is 1. The summed E-state index contributed by atoms with van der Waals surface area (Å²) in [6.45, 7) is -1.39. The van der Waals surface area contributed by atoms with Crippen molar-refractivity contribution >= 4 is 38.4 Å². The van der Waals surface area contributed by atoms with Gasteiger partial charge in [-0.2, -0.15) is 13.2 Å². The summed E-state index contributed by atoms with van der Waals surface area (Å²) in [5.74, 6) is -0.401. The molecular formula is C17H12BrF3N2O2. The topological polar surface area (TPSA) is 54.1 Å². The molecule has 4 nitrogen and oxygen atoms in total. The fourth-order valence-electron chi connectivity index (χ4n) is 2.29. The molecule has 0 aliphatic carbocycles. The summed E-state index contributed by atoms with van der Waals surface area (Å²) in [6.07, 6.45) is -4.42. The molecular weight excluding hydrogens is 401 g/mol. The van der Waals surface area contributed by atoms with E-state index in [4.69, 9.17) is 0 Å². The molecule has 25 heavy (non-hydrogen) atoms. The van der Waals surface area contributed by atoms with Crippen LogP contribution in [0, 0.1) is 0 Å². The summed E-state index contributed by atoms with van der Waals surface area (Å²) in [6, 6.07) is 13.2. The van der Waals surface area contributed by atoms with Gasteiger partial charge in [0.15, 0.2) is 6.61 Å². The molecule has 0 spiro atoms. The van der Waals surface area contributed by atoms with E-state index in [1.54, 1.807) is 6.07 Å². The van der Waals surface area contributed by atoms with Crippen molar-refractivity contribution in [1.29, 1.82) is 0 Å². The number of halogens is 4. The number of nitrogens with one attached hydrogen (secondary N) is 2. The minimum atomic E-state index is -4.42. The Bertz CT molecular complexity index is 922. The van der Waals surface area contributed by atoms with Crippen LogP contribution in [0.5, 0.6) is 5.75 Å². The summed E-state index contributed by atoms with van der Waals surface area (Å²) in [5, 5.41) is 3.49. The number of para-hydroxylation sites is 1. The number of aromatic nitrogens is 1. The number of hydrogen-bond acceptors (Lipinski definition) is 2. The van der Waals surface area contributed by atoms with E-state index in [0.29, 0.717) is 15.9 Å². The molecule has 0 bridgehead atoms. The van der Waals surface area contributed by atoms with Gasteiger partial charge in [-0.15, -0.1) is 0 Å². The van der Waals surface area contributed by atoms with Gasteiger partial charge in [0.1, 0.15) is 11.4 Å². The van der Waals surface area contributed by atoms with Gasteiger partial charge in [-0.1, -0.05) is 24.3 Å². The first kappa shape index (κ1) is 17.3. The summed E-state index contributed by atoms with van der Waals surface area (Å²) >= 11 is 3.39. The van der Waals surface area contributed by atoms with Gasteiger partial charge in [-0.3, -0.25) is 4.79 Å². The molecule has 0 radical (unpaired) electrons. The summed E-state index contributed by atoms with van der Waals surface area (Å²) in [7, 11) is 0. The first-order valence-corrected chi connectivity index (χ1v) is 8.00. The van der Waals surface area contributed by atoms with E-state index >= 15 is 0 Å². The predicted octanol–water partition coefficient (Wildman–Crippen LogP) is 5.12. The third-order valence-corrected chi connectivity index (χ3v) is 4.19. The predicted molar refractivity (Wildman–Crippen MR) is 91.9 cm³/mol. The third-order valence-electron chi connectivity index (χ3n) is 3.36. The zero-order chi connectivity index (χ0) is 18.0. The minimum absolute atomic E-state index is 0.0193. The zero-order valence-corrected chi connectivity index (χ0v) is 14.2. The molecule has 1 aromatic heterocycles. The second kappa shape index (κ2) is 6.79. The lowest BCUT2D eigenvalue weighted by molar-refractivity contribution is -0.153. The molecule has 0 saturated heterocycles. The molecule has 2 aromatic carbocycles. The van der Waals surface area contributed by atoms with Crippen molar-refractivity contribution in [3.8, 4) is 5.75 Å². The second-order valence-electron chi connectivity index (χ2n) is 5.25. The quantitative estimate of drug-likeness (QED) is 0.624. The minimum Gasteiger partial charge on any atom is -0.484 e. The summed E-state index contributed by atoms with van der Waals surface area (Å²) in [4.78, 5) is 15.4. The Kier molecular flexibility index (Phi) is 4.71. The number of aromatic amines is 1. The van der Waals surface area contributed by atoms with Crippen molar-refractivity contribution in [2.45, 2.75) is 6.18 Å². The fourth-order valence-corrected chi connectivity index (χ4v) is 2.91. The Hall–Kier alpha value is -2.48. The van der Waals surface area contributed by atoms with Crippen molar-refractivity contribution in [3.05, 3.63) is 58.7 Å². The number of ether oxygens (including phenoxy) is 1. The third kappa shape index (κ3) is 4.14. The molecule has 0 saturated carbocycles. The number of fused-ring (bicyclic) bond motifs is 1. The molecule has 0 atom stereocenters. The molecule has 3 rings (SSSR count). The number of benzene rings is 2. The van der Waals surface area contributed by atoms with E-state index in [0.717, 1.165) is 10.9 Å². The average Bonchev–Trinajstić information content (AvgIpc) is 2.90. The molecule has 3 aromatic rings. The van der Waals surface area contributed by atoms with Gasteiger partial charge >= 0.3 is 6.18 Å². The van der Waals surface area contributed by atoms with Crippen LogP contribution in [0.3, 0.4) is 0 Å². The number of hydrogen-bond donors (Lipinski definition) is 2. The molecule has 130 valence electrons. The Morgan fingerprint density at radius 3 is 2.64 bits per heavy atom. The molecule has 0 fully saturated rings. The van der Waals surface area contributed by atoms with E-state index < -0.39 is 18.7 Å². The Labute approximate surface area is 149 Å². The van der Waals surface area contributed by atoms with Crippen LogP contribution >= 0.6 is 15.9 Å². The number of carbonyl (C=O) groups excluding carboxylic acids is 1. The second-order valence-corrected chi connectivity index (χ2v) is 6.04. The highest BCUT2D eigenvalue weighted by Gasteiger charge is 2.28. The van der Waals surface area contributed by atoms with E-state index in [1.165, 1.54) is 18.2 Å². The standard InChI is InChI=1S/C17H12BrF3N2O2/c18-14-12-6-1-2-7-13(12)23-15(14)16(24)22-10-4-3-5-11(8-10)25-9-17(19,20)21/h1-8,23H,9H2,(H,22,24). The van der Waals surface area contributed by atoms with E-state index in [1.807, 2.05) is 24.3 Å². The average molecular weight is 413 g/mol. The number of alkyl halides is 3. The molecule has 0 unspecified atom stereocenters. The fraction of sp³-hybridized carbons (Fsp3) is 0.118. The lowest BCUT2D eigenvalue weighted by Gasteiger charge is -2.10. The number of amides is 1. The highest BCUT2D eigenvalue weighted by atomic mass is 79.9. The zero-order valence-electron chi connectivity index (χ0n) is 12.7. The molecule has 2 N–H and O–H groups in total. The van der Waals surface area contributed by atoms with Crippen molar-refractivity contribution in [1.82, 2.24) is 4.98 Å². The summed E-state index contributed by atoms with van der Waals surface area (Å²) in [5.41, 5.74) is 1.44. The van der Waals surface area contributed by atoms with Crippen LogP contribution in [0.2, 0.25) is 0 Å². The molecule has 1 heterocycles. The Morgan fingerprint density at radius 1 is 1.16 bits per heavy atom. The smallest absolute Gasteiger partial charge is 0.422 e. The normalized spacial score (nSPS) is 11.5. The van der Waals surface area contributed by atoms with Crippen LogP contribution in [-0.2, 0) is 0 Å². The van der Waals surface area contributed by atoms with Crippen LogP contribution in [0.15, 0.2) is 53.0 Å². The lowest BCUT2D eigenvalue weighted by Crippen LogP contribution is -2.19. The maximum absolute atomic E-state index is 12.4. The van der Waals surface area contributed by atoms with Crippen molar-refractivity contribution < 1.29 is 22.7 Å². The largest absolute Gasteiger partial charge is 0.484 e. The summed E-state index contributed by atoms with van der Waals surface area (Å²) < 4.78 is 41.9. The molecule has 1 amide bonds. The lowest BCUT2D eigenvalue weighted by atomic mass is 10.2. The van der Waals surface area contributed by atoms with Gasteiger partial charge in [0.25, 0.3) is 5.91 Å². The van der Waals surface area contributed by atoms with Crippen LogP contribution in [0.25, 0.3) is 10.9 Å². The number of rotatable bonds is 4. The SMILES string of the molecule is O=C(Nc1cccc(OCC(F)(F)F)c1)c1[nH]c2ccccc2c1Br. The van der Waals surface area contributed by atoms with Gasteiger partial charge in [0.05, 0.1) is 4.47 Å². The van der Waals surface area contributed by atoms with Gasteiger partial charge in [0, 0.05) is 22.7 Å². The maximum Gasteiger partial charge on any atom is 0.422 e. The maximum atomic E-state index is 12.4. The van der Waals surface area contributed by atoms with Gasteiger partial charge in [-0.25, -0.2) is 0 Å². The van der Waals surface area contributed by atoms with Crippen molar-refractivity contribution in [3.63, 3.8) is 0 Å². The highest BCUT2D eigenvalue weighted by Crippen LogP contribution is 2.28. The molecule has 8 heteroatoms. The van der Waals surface area contributed by atoms with Crippen LogP contribution in [0.1, 0.15) is 10.5 Å². The Morgan fingerprint density at radius 2 is 1.92 bits per heavy atom. The number of H-pyrrole nitrogens is 1. The number of carbonyl (C=O) groups is 1. The van der Waals surface area contributed by atoms with E-state index in [9.17, 15) is 18.0 Å². The molecule has 0 aliphatic rings. The van der Waals surface area contributed by atoms with Gasteiger partial charge in [-0.05, 0) is 34.1 Å². The van der Waals surface area contributed by atoms with Crippen LogP contribution in [-0.4, -0.2) is 23.7 Å². The van der Waals surface area contributed by atoms with Gasteiger partial charge in [0.2, 0.25) is 0 Å². The first-order valence-electron chi connectivity index (χ1n) is 7.21. The molecule has 0 aliphatic heterocycles. The van der Waals surface area contributed by atoms with Crippen molar-refractivity contribution in [2.24, 2.45) is 0 Å². The van der Waals surface area contributed by atoms with Gasteiger partial charge < -0.3 is 15.0 Å². The van der Waals surface area contributed by atoms with E-state index in [-0.39, 0.29) is 5.75 Å². The Balaban J connectivity index is 1.77. The highest BCUT2D eigenvalue weighted by molar-refractivity contribution is 9.10. The van der Waals surface area contributed by atoms with E-state index in [2.05, 4.69) is 31.0 Å². The van der Waals surface area contributed by atoms with Crippen molar-refractivity contribution in [2.75, 3.05) is 11.9 Å².